The van der Waals surface area contributed by atoms with Crippen LogP contribution in [0.5, 0.6) is 0 Å². The second kappa shape index (κ2) is 7.74. The van der Waals surface area contributed by atoms with Crippen LogP contribution in [0.25, 0.3) is 0 Å². The molecule has 0 bridgehead atoms. The lowest BCUT2D eigenvalue weighted by atomic mass is 9.83. The van der Waals surface area contributed by atoms with Crippen LogP contribution in [0.4, 0.5) is 0 Å². The molecule has 0 radical (unpaired) electrons. The first-order valence-electron chi connectivity index (χ1n) is 7.03. The van der Waals surface area contributed by atoms with Gasteiger partial charge in [-0.3, -0.25) is 0 Å². The van der Waals surface area contributed by atoms with Crippen molar-refractivity contribution >= 4 is 5.97 Å². The monoisotopic (exact) mass is 257 g/mol. The van der Waals surface area contributed by atoms with Gasteiger partial charge in [0, 0.05) is 6.61 Å². The van der Waals surface area contributed by atoms with Crippen molar-refractivity contribution in [3.8, 4) is 0 Å². The van der Waals surface area contributed by atoms with Gasteiger partial charge in [-0.1, -0.05) is 26.2 Å². The standard InChI is InChI=1S/C14H27NO3/c1-4-9-15-14(2,13(16)17-3)11-18-10-8-12-6-5-7-12/h12,15H,4-11H2,1-3H3. The van der Waals surface area contributed by atoms with Gasteiger partial charge in [0.15, 0.2) is 0 Å². The molecule has 1 saturated carbocycles. The Morgan fingerprint density at radius 2 is 2.17 bits per heavy atom. The molecule has 4 nitrogen and oxygen atoms in total. The molecule has 106 valence electrons. The first-order valence-corrected chi connectivity index (χ1v) is 7.03. The lowest BCUT2D eigenvalue weighted by Crippen LogP contribution is -2.54. The first-order chi connectivity index (χ1) is 8.62. The van der Waals surface area contributed by atoms with Gasteiger partial charge >= 0.3 is 5.97 Å². The minimum Gasteiger partial charge on any atom is -0.468 e. The third kappa shape index (κ3) is 4.58. The molecule has 0 aromatic rings. The summed E-state index contributed by atoms with van der Waals surface area (Å²) in [4.78, 5) is 11.8. The zero-order valence-corrected chi connectivity index (χ0v) is 12.0. The molecular formula is C14H27NO3. The first kappa shape index (κ1) is 15.4. The molecular weight excluding hydrogens is 230 g/mol. The maximum Gasteiger partial charge on any atom is 0.328 e. The van der Waals surface area contributed by atoms with E-state index in [1.165, 1.54) is 26.4 Å². The molecule has 0 aliphatic heterocycles. The number of esters is 1. The van der Waals surface area contributed by atoms with Crippen LogP contribution in [0.3, 0.4) is 0 Å². The summed E-state index contributed by atoms with van der Waals surface area (Å²) < 4.78 is 10.5. The van der Waals surface area contributed by atoms with E-state index in [2.05, 4.69) is 12.2 Å². The molecule has 1 aliphatic carbocycles. The van der Waals surface area contributed by atoms with E-state index < -0.39 is 5.54 Å². The second-order valence-electron chi connectivity index (χ2n) is 5.39. The minimum absolute atomic E-state index is 0.250. The average Bonchev–Trinajstić information content (AvgIpc) is 2.32. The average molecular weight is 257 g/mol. The maximum absolute atomic E-state index is 11.8. The highest BCUT2D eigenvalue weighted by Gasteiger charge is 2.34. The fourth-order valence-electron chi connectivity index (χ4n) is 2.12. The number of nitrogens with one attached hydrogen (secondary N) is 1. The Hall–Kier alpha value is -0.610. The Morgan fingerprint density at radius 3 is 2.67 bits per heavy atom. The smallest absolute Gasteiger partial charge is 0.328 e. The number of carbonyl (C=O) groups is 1. The van der Waals surface area contributed by atoms with Crippen molar-refractivity contribution in [2.75, 3.05) is 26.9 Å². The molecule has 0 amide bonds. The van der Waals surface area contributed by atoms with Crippen LogP contribution < -0.4 is 5.32 Å². The normalized spacial score (nSPS) is 19.1. The predicted octanol–water partition coefficient (Wildman–Crippen LogP) is 2.12. The van der Waals surface area contributed by atoms with Gasteiger partial charge in [-0.05, 0) is 32.2 Å². The Morgan fingerprint density at radius 1 is 1.44 bits per heavy atom. The summed E-state index contributed by atoms with van der Waals surface area (Å²) in [6, 6.07) is 0. The number of hydrogen-bond donors (Lipinski definition) is 1. The summed E-state index contributed by atoms with van der Waals surface area (Å²) in [5, 5.41) is 3.21. The summed E-state index contributed by atoms with van der Waals surface area (Å²) in [5.41, 5.74) is -0.718. The molecule has 0 aromatic heterocycles. The van der Waals surface area contributed by atoms with Crippen molar-refractivity contribution in [1.82, 2.24) is 5.32 Å². The molecule has 0 heterocycles. The predicted molar refractivity (Wildman–Crippen MR) is 71.5 cm³/mol. The number of methoxy groups -OCH3 is 1. The molecule has 0 saturated heterocycles. The number of hydrogen-bond acceptors (Lipinski definition) is 4. The number of rotatable bonds is 9. The molecule has 1 rings (SSSR count). The van der Waals surface area contributed by atoms with Crippen molar-refractivity contribution in [2.24, 2.45) is 5.92 Å². The fraction of sp³-hybridized carbons (Fsp3) is 0.929. The molecule has 1 atom stereocenters. The fourth-order valence-corrected chi connectivity index (χ4v) is 2.12. The van der Waals surface area contributed by atoms with Gasteiger partial charge in [0.05, 0.1) is 13.7 Å². The lowest BCUT2D eigenvalue weighted by Gasteiger charge is -2.29. The van der Waals surface area contributed by atoms with E-state index in [9.17, 15) is 4.79 Å². The Labute approximate surface area is 110 Å². The van der Waals surface area contributed by atoms with Crippen LogP contribution in [0.1, 0.15) is 46.0 Å². The zero-order valence-electron chi connectivity index (χ0n) is 12.0. The van der Waals surface area contributed by atoms with Gasteiger partial charge in [-0.15, -0.1) is 0 Å². The van der Waals surface area contributed by atoms with Gasteiger partial charge in [-0.2, -0.15) is 0 Å². The van der Waals surface area contributed by atoms with Gasteiger partial charge in [0.25, 0.3) is 0 Å². The molecule has 1 aliphatic rings. The van der Waals surface area contributed by atoms with Crippen LogP contribution in [0.15, 0.2) is 0 Å². The maximum atomic E-state index is 11.8. The lowest BCUT2D eigenvalue weighted by molar-refractivity contribution is -0.150. The van der Waals surface area contributed by atoms with E-state index in [4.69, 9.17) is 9.47 Å². The highest BCUT2D eigenvalue weighted by molar-refractivity contribution is 5.80. The summed E-state index contributed by atoms with van der Waals surface area (Å²) in [7, 11) is 1.42. The quantitative estimate of drug-likeness (QED) is 0.508. The number of carbonyl (C=O) groups excluding carboxylic acids is 1. The minimum atomic E-state index is -0.718. The van der Waals surface area contributed by atoms with Crippen LogP contribution in [0, 0.1) is 5.92 Å². The van der Waals surface area contributed by atoms with E-state index in [0.29, 0.717) is 6.61 Å². The summed E-state index contributed by atoms with van der Waals surface area (Å²) in [6.45, 7) is 5.83. The Kier molecular flexibility index (Phi) is 6.65. The molecule has 1 fully saturated rings. The SMILES string of the molecule is CCCNC(C)(COCCC1CCC1)C(=O)OC. The van der Waals surface area contributed by atoms with Gasteiger partial charge in [-0.25, -0.2) is 4.79 Å². The van der Waals surface area contributed by atoms with Crippen molar-refractivity contribution < 1.29 is 14.3 Å². The van der Waals surface area contributed by atoms with E-state index in [-0.39, 0.29) is 5.97 Å². The highest BCUT2D eigenvalue weighted by atomic mass is 16.5. The van der Waals surface area contributed by atoms with Crippen LogP contribution >= 0.6 is 0 Å². The van der Waals surface area contributed by atoms with Crippen LogP contribution in [-0.2, 0) is 14.3 Å². The summed E-state index contributed by atoms with van der Waals surface area (Å²) in [6.07, 6.45) is 6.14. The van der Waals surface area contributed by atoms with Gasteiger partial charge in [0.1, 0.15) is 5.54 Å². The van der Waals surface area contributed by atoms with Crippen LogP contribution in [-0.4, -0.2) is 38.4 Å². The van der Waals surface area contributed by atoms with E-state index in [0.717, 1.165) is 31.9 Å². The third-order valence-electron chi connectivity index (χ3n) is 3.69. The van der Waals surface area contributed by atoms with Crippen molar-refractivity contribution in [3.63, 3.8) is 0 Å². The molecule has 0 spiro atoms. The molecule has 18 heavy (non-hydrogen) atoms. The number of ether oxygens (including phenoxy) is 2. The van der Waals surface area contributed by atoms with Gasteiger partial charge in [0.2, 0.25) is 0 Å². The topological polar surface area (TPSA) is 47.6 Å². The van der Waals surface area contributed by atoms with Crippen molar-refractivity contribution in [2.45, 2.75) is 51.5 Å². The summed E-state index contributed by atoms with van der Waals surface area (Å²) in [5.74, 6) is 0.595. The molecule has 1 N–H and O–H groups in total. The van der Waals surface area contributed by atoms with Gasteiger partial charge < -0.3 is 14.8 Å². The highest BCUT2D eigenvalue weighted by Crippen LogP contribution is 2.29. The molecule has 1 unspecified atom stereocenters. The van der Waals surface area contributed by atoms with Crippen LogP contribution in [0.2, 0.25) is 0 Å². The largest absolute Gasteiger partial charge is 0.468 e. The molecule has 4 heteroatoms. The van der Waals surface area contributed by atoms with E-state index in [1.54, 1.807) is 0 Å². The van der Waals surface area contributed by atoms with Crippen molar-refractivity contribution in [3.05, 3.63) is 0 Å². The van der Waals surface area contributed by atoms with E-state index in [1.807, 2.05) is 6.92 Å². The Balaban J connectivity index is 2.27. The summed E-state index contributed by atoms with van der Waals surface area (Å²) >= 11 is 0. The third-order valence-corrected chi connectivity index (χ3v) is 3.69. The zero-order chi connectivity index (χ0) is 13.4. The van der Waals surface area contributed by atoms with E-state index >= 15 is 0 Å². The Bertz CT molecular complexity index is 253. The second-order valence-corrected chi connectivity index (χ2v) is 5.39. The van der Waals surface area contributed by atoms with Crippen molar-refractivity contribution in [1.29, 1.82) is 0 Å². The molecule has 0 aromatic carbocycles.